The molecule has 1 aliphatic carbocycles. The largest absolute Gasteiger partial charge is 0.461 e. The molecule has 5 heteroatoms. The third kappa shape index (κ3) is 5.06. The topological polar surface area (TPSA) is 72.8 Å². The van der Waals surface area contributed by atoms with Crippen molar-refractivity contribution in [3.05, 3.63) is 35.9 Å². The first-order chi connectivity index (χ1) is 11.2. The minimum Gasteiger partial charge on any atom is -0.461 e. The van der Waals surface area contributed by atoms with E-state index in [1.165, 1.54) is 0 Å². The standard InChI is InChI=1S/C19H26O5/c1-18(2,3)24-16(20)12-15(19(22)10-7-11-19)17(21)23-13-14-8-5-4-6-9-14/h4-6,8-9,15,22H,7,10-13H2,1-3H3. The zero-order chi connectivity index (χ0) is 17.8. The molecule has 1 saturated carbocycles. The predicted octanol–water partition coefficient (Wildman–Crippen LogP) is 2.99. The lowest BCUT2D eigenvalue weighted by atomic mass is 9.70. The molecule has 0 saturated heterocycles. The summed E-state index contributed by atoms with van der Waals surface area (Å²) in [6.07, 6.45) is 1.68. The number of aliphatic hydroxyl groups is 1. The molecule has 0 radical (unpaired) electrons. The molecule has 24 heavy (non-hydrogen) atoms. The van der Waals surface area contributed by atoms with Gasteiger partial charge < -0.3 is 14.6 Å². The van der Waals surface area contributed by atoms with Gasteiger partial charge in [0.15, 0.2) is 0 Å². The number of carbonyl (C=O) groups excluding carboxylic acids is 2. The first-order valence-corrected chi connectivity index (χ1v) is 8.34. The Bertz CT molecular complexity index is 569. The Morgan fingerprint density at radius 3 is 2.33 bits per heavy atom. The second-order valence-electron chi connectivity index (χ2n) is 7.39. The van der Waals surface area contributed by atoms with Crippen LogP contribution in [0.2, 0.25) is 0 Å². The van der Waals surface area contributed by atoms with Crippen molar-refractivity contribution in [1.82, 2.24) is 0 Å². The van der Waals surface area contributed by atoms with Gasteiger partial charge in [0.05, 0.1) is 17.9 Å². The van der Waals surface area contributed by atoms with Crippen LogP contribution in [0, 0.1) is 5.92 Å². The minimum atomic E-state index is -1.16. The van der Waals surface area contributed by atoms with E-state index in [4.69, 9.17) is 9.47 Å². The highest BCUT2D eigenvalue weighted by Gasteiger charge is 2.48. The summed E-state index contributed by atoms with van der Waals surface area (Å²) in [5, 5.41) is 10.6. The Morgan fingerprint density at radius 2 is 1.83 bits per heavy atom. The van der Waals surface area contributed by atoms with Gasteiger partial charge in [0.2, 0.25) is 0 Å². The minimum absolute atomic E-state index is 0.126. The Kier molecular flexibility index (Phi) is 5.65. The number of hydrogen-bond acceptors (Lipinski definition) is 5. The van der Waals surface area contributed by atoms with Crippen molar-refractivity contribution in [2.45, 2.75) is 64.3 Å². The monoisotopic (exact) mass is 334 g/mol. The van der Waals surface area contributed by atoms with Crippen LogP contribution in [-0.2, 0) is 25.7 Å². The number of rotatable bonds is 6. The van der Waals surface area contributed by atoms with E-state index < -0.39 is 29.1 Å². The molecular weight excluding hydrogens is 308 g/mol. The van der Waals surface area contributed by atoms with Crippen LogP contribution in [-0.4, -0.2) is 28.2 Å². The quantitative estimate of drug-likeness (QED) is 0.810. The number of hydrogen-bond donors (Lipinski definition) is 1. The van der Waals surface area contributed by atoms with Gasteiger partial charge in [0, 0.05) is 0 Å². The normalized spacial score (nSPS) is 17.5. The van der Waals surface area contributed by atoms with Gasteiger partial charge in [-0.1, -0.05) is 30.3 Å². The molecule has 0 aliphatic heterocycles. The van der Waals surface area contributed by atoms with Crippen molar-refractivity contribution in [3.8, 4) is 0 Å². The summed E-state index contributed by atoms with van der Waals surface area (Å²) in [6.45, 7) is 5.43. The van der Waals surface area contributed by atoms with Crippen LogP contribution < -0.4 is 0 Å². The van der Waals surface area contributed by atoms with Gasteiger partial charge in [0.1, 0.15) is 12.2 Å². The number of carbonyl (C=O) groups is 2. The zero-order valence-corrected chi connectivity index (χ0v) is 14.6. The molecule has 1 aromatic carbocycles. The van der Waals surface area contributed by atoms with Gasteiger partial charge in [-0.2, -0.15) is 0 Å². The fourth-order valence-electron chi connectivity index (χ4n) is 2.76. The fourth-order valence-corrected chi connectivity index (χ4v) is 2.76. The smallest absolute Gasteiger partial charge is 0.312 e. The van der Waals surface area contributed by atoms with E-state index in [9.17, 15) is 14.7 Å². The predicted molar refractivity (Wildman–Crippen MR) is 89.0 cm³/mol. The molecule has 5 nitrogen and oxygen atoms in total. The Morgan fingerprint density at radius 1 is 1.21 bits per heavy atom. The molecule has 0 amide bonds. The van der Waals surface area contributed by atoms with Crippen molar-refractivity contribution in [2.24, 2.45) is 5.92 Å². The Labute approximate surface area is 143 Å². The van der Waals surface area contributed by atoms with E-state index in [0.717, 1.165) is 12.0 Å². The second-order valence-corrected chi connectivity index (χ2v) is 7.39. The van der Waals surface area contributed by atoms with Crippen LogP contribution in [0.1, 0.15) is 52.0 Å². The molecule has 1 aromatic rings. The molecule has 2 rings (SSSR count). The molecule has 0 aromatic heterocycles. The van der Waals surface area contributed by atoms with E-state index in [1.807, 2.05) is 30.3 Å². The van der Waals surface area contributed by atoms with Crippen molar-refractivity contribution in [1.29, 1.82) is 0 Å². The third-order valence-corrected chi connectivity index (χ3v) is 4.17. The molecule has 0 bridgehead atoms. The van der Waals surface area contributed by atoms with E-state index in [-0.39, 0.29) is 13.0 Å². The highest BCUT2D eigenvalue weighted by Crippen LogP contribution is 2.41. The summed E-state index contributed by atoms with van der Waals surface area (Å²) in [5.74, 6) is -1.93. The molecule has 1 N–H and O–H groups in total. The van der Waals surface area contributed by atoms with Gasteiger partial charge in [-0.3, -0.25) is 9.59 Å². The van der Waals surface area contributed by atoms with Crippen molar-refractivity contribution in [3.63, 3.8) is 0 Å². The van der Waals surface area contributed by atoms with Crippen molar-refractivity contribution in [2.75, 3.05) is 0 Å². The van der Waals surface area contributed by atoms with E-state index in [0.29, 0.717) is 12.8 Å². The maximum absolute atomic E-state index is 12.5. The summed E-state index contributed by atoms with van der Waals surface area (Å²) in [4.78, 5) is 24.6. The average Bonchev–Trinajstić information content (AvgIpc) is 2.47. The van der Waals surface area contributed by atoms with Gasteiger partial charge in [-0.05, 0) is 45.6 Å². The first-order valence-electron chi connectivity index (χ1n) is 8.34. The van der Waals surface area contributed by atoms with Gasteiger partial charge in [-0.25, -0.2) is 0 Å². The number of esters is 2. The van der Waals surface area contributed by atoms with Crippen molar-refractivity contribution >= 4 is 11.9 Å². The molecule has 132 valence electrons. The zero-order valence-electron chi connectivity index (χ0n) is 14.6. The van der Waals surface area contributed by atoms with Crippen LogP contribution in [0.25, 0.3) is 0 Å². The van der Waals surface area contributed by atoms with Crippen LogP contribution in [0.15, 0.2) is 30.3 Å². The third-order valence-electron chi connectivity index (χ3n) is 4.17. The summed E-state index contributed by atoms with van der Waals surface area (Å²) < 4.78 is 10.6. The van der Waals surface area contributed by atoms with Crippen LogP contribution in [0.3, 0.4) is 0 Å². The first kappa shape index (κ1) is 18.5. The molecule has 0 spiro atoms. The van der Waals surface area contributed by atoms with Gasteiger partial charge in [-0.15, -0.1) is 0 Å². The maximum atomic E-state index is 12.5. The van der Waals surface area contributed by atoms with E-state index in [1.54, 1.807) is 20.8 Å². The van der Waals surface area contributed by atoms with E-state index in [2.05, 4.69) is 0 Å². The van der Waals surface area contributed by atoms with Crippen LogP contribution in [0.4, 0.5) is 0 Å². The molecule has 1 unspecified atom stereocenters. The highest BCUT2D eigenvalue weighted by atomic mass is 16.6. The molecule has 1 aliphatic rings. The van der Waals surface area contributed by atoms with Gasteiger partial charge >= 0.3 is 11.9 Å². The number of ether oxygens (including phenoxy) is 2. The number of benzene rings is 1. The second kappa shape index (κ2) is 7.34. The Hall–Kier alpha value is -1.88. The van der Waals surface area contributed by atoms with Crippen LogP contribution >= 0.6 is 0 Å². The summed E-state index contributed by atoms with van der Waals surface area (Å²) in [6, 6.07) is 9.32. The SMILES string of the molecule is CC(C)(C)OC(=O)CC(C(=O)OCc1ccccc1)C1(O)CCC1. The maximum Gasteiger partial charge on any atom is 0.312 e. The molecule has 0 heterocycles. The lowest BCUT2D eigenvalue weighted by molar-refractivity contribution is -0.177. The van der Waals surface area contributed by atoms with Crippen LogP contribution in [0.5, 0.6) is 0 Å². The fraction of sp³-hybridized carbons (Fsp3) is 0.579. The van der Waals surface area contributed by atoms with Gasteiger partial charge in [0.25, 0.3) is 0 Å². The lowest BCUT2D eigenvalue weighted by Crippen LogP contribution is -2.49. The molecular formula is C19H26O5. The summed E-state index contributed by atoms with van der Waals surface area (Å²) in [7, 11) is 0. The molecule has 1 atom stereocenters. The lowest BCUT2D eigenvalue weighted by Gasteiger charge is -2.41. The average molecular weight is 334 g/mol. The van der Waals surface area contributed by atoms with Crippen molar-refractivity contribution < 1.29 is 24.2 Å². The highest BCUT2D eigenvalue weighted by molar-refractivity contribution is 5.81. The summed E-state index contributed by atoms with van der Waals surface area (Å²) in [5.41, 5.74) is -0.926. The molecule has 1 fully saturated rings. The Balaban J connectivity index is 2.00. The van der Waals surface area contributed by atoms with E-state index >= 15 is 0 Å². The summed E-state index contributed by atoms with van der Waals surface area (Å²) >= 11 is 0.